The number of aromatic nitrogens is 1. The number of carbonyl (C=O) groups excluding carboxylic acids is 1. The number of hydrogen-bond donors (Lipinski definition) is 0. The molecular formula is C32H48F3NO. The van der Waals surface area contributed by atoms with Crippen molar-refractivity contribution in [3.8, 4) is 0 Å². The quantitative estimate of drug-likeness (QED) is 0.134. The van der Waals surface area contributed by atoms with Crippen molar-refractivity contribution in [3.05, 3.63) is 58.9 Å². The van der Waals surface area contributed by atoms with Crippen LogP contribution in [0.15, 0.2) is 36.5 Å². The number of carbonyl (C=O) groups is 1. The highest BCUT2D eigenvalue weighted by atomic mass is 19.4. The van der Waals surface area contributed by atoms with Gasteiger partial charge in [-0.25, -0.2) is 0 Å². The first kappa shape index (κ1) is 31.2. The smallest absolute Gasteiger partial charge is 0.335 e. The number of alkyl halides is 3. The summed E-state index contributed by atoms with van der Waals surface area (Å²) in [5.41, 5.74) is 1.65. The lowest BCUT2D eigenvalue weighted by Crippen LogP contribution is -2.28. The van der Waals surface area contributed by atoms with Crippen LogP contribution >= 0.6 is 0 Å². The summed E-state index contributed by atoms with van der Waals surface area (Å²) in [4.78, 5) is 12.9. The molecule has 1 unspecified atom stereocenters. The molecule has 2 aromatic rings. The third-order valence-electron chi connectivity index (χ3n) is 7.47. The predicted molar refractivity (Wildman–Crippen MR) is 148 cm³/mol. The van der Waals surface area contributed by atoms with E-state index in [-0.39, 0.29) is 11.3 Å². The molecular weight excluding hydrogens is 471 g/mol. The number of rotatable bonds is 19. The number of ketones is 1. The molecule has 0 bridgehead atoms. The molecule has 0 radical (unpaired) electrons. The first-order chi connectivity index (χ1) is 17.8. The second-order valence-electron chi connectivity index (χ2n) is 10.7. The molecule has 2 rings (SSSR count). The Labute approximate surface area is 223 Å². The minimum Gasteiger partial charge on any atom is -0.335 e. The molecule has 37 heavy (non-hydrogen) atoms. The van der Waals surface area contributed by atoms with E-state index >= 15 is 0 Å². The summed E-state index contributed by atoms with van der Waals surface area (Å²) < 4.78 is 43.3. The van der Waals surface area contributed by atoms with Gasteiger partial charge in [-0.15, -0.1) is 0 Å². The van der Waals surface area contributed by atoms with Gasteiger partial charge in [0.05, 0.1) is 0 Å². The van der Waals surface area contributed by atoms with Gasteiger partial charge in [-0.2, -0.15) is 13.2 Å². The molecule has 0 amide bonds. The first-order valence-electron chi connectivity index (χ1n) is 14.6. The van der Waals surface area contributed by atoms with Gasteiger partial charge in [0, 0.05) is 23.9 Å². The van der Waals surface area contributed by atoms with Crippen molar-refractivity contribution >= 4 is 5.78 Å². The molecule has 0 fully saturated rings. The summed E-state index contributed by atoms with van der Waals surface area (Å²) >= 11 is 0. The first-order valence-corrected chi connectivity index (χ1v) is 14.6. The maximum Gasteiger partial charge on any atom is 0.413 e. The summed E-state index contributed by atoms with van der Waals surface area (Å²) in [6.07, 6.45) is 16.4. The van der Waals surface area contributed by atoms with Gasteiger partial charge in [0.25, 0.3) is 0 Å². The van der Waals surface area contributed by atoms with Gasteiger partial charge in [0.15, 0.2) is 11.8 Å². The van der Waals surface area contributed by atoms with Gasteiger partial charge < -0.3 is 4.57 Å². The van der Waals surface area contributed by atoms with Gasteiger partial charge in [-0.05, 0) is 31.4 Å². The van der Waals surface area contributed by atoms with Crippen molar-refractivity contribution in [1.82, 2.24) is 4.57 Å². The van der Waals surface area contributed by atoms with Crippen LogP contribution in [-0.2, 0) is 0 Å². The summed E-state index contributed by atoms with van der Waals surface area (Å²) in [5.74, 6) is -0.0440. The number of nitrogens with zero attached hydrogens (tertiary/aromatic N) is 1. The maximum absolute atomic E-state index is 14.0. The maximum atomic E-state index is 14.0. The van der Waals surface area contributed by atoms with Crippen LogP contribution < -0.4 is 0 Å². The minimum absolute atomic E-state index is 0.0440. The normalized spacial score (nSPS) is 12.7. The fourth-order valence-electron chi connectivity index (χ4n) is 5.40. The third-order valence-corrected chi connectivity index (χ3v) is 7.47. The average Bonchev–Trinajstić information content (AvgIpc) is 3.14. The van der Waals surface area contributed by atoms with Crippen molar-refractivity contribution in [2.75, 3.05) is 0 Å². The van der Waals surface area contributed by atoms with E-state index < -0.39 is 12.2 Å². The van der Waals surface area contributed by atoms with Crippen molar-refractivity contribution in [2.45, 2.75) is 136 Å². The lowest BCUT2D eigenvalue weighted by atomic mass is 10.0. The Balaban J connectivity index is 1.70. The molecule has 0 aliphatic rings. The predicted octanol–water partition coefficient (Wildman–Crippen LogP) is 10.7. The number of Topliss-reactive ketones (excluding diaryl/α,β-unsaturated/α-hetero) is 1. The van der Waals surface area contributed by atoms with Crippen LogP contribution in [0.3, 0.4) is 0 Å². The van der Waals surface area contributed by atoms with Crippen molar-refractivity contribution in [1.29, 1.82) is 0 Å². The fourth-order valence-corrected chi connectivity index (χ4v) is 5.40. The standard InChI is InChI=1S/C32H48F3NO/c1-4-5-6-7-8-9-10-11-12-13-14-15-16-17-21-24-29(37)30-26(2)25-36(27(30)3)31(32(33,34)35)28-22-19-18-20-23-28/h18-20,22-23,25,31H,4-17,21,24H2,1-3H3. The van der Waals surface area contributed by atoms with Gasteiger partial charge in [-0.3, -0.25) is 4.79 Å². The van der Waals surface area contributed by atoms with E-state index in [1.54, 1.807) is 32.0 Å². The van der Waals surface area contributed by atoms with E-state index in [0.717, 1.165) is 19.3 Å². The lowest BCUT2D eigenvalue weighted by Gasteiger charge is -2.24. The fraction of sp³-hybridized carbons (Fsp3) is 0.656. The van der Waals surface area contributed by atoms with Gasteiger partial charge in [0.2, 0.25) is 0 Å². The second-order valence-corrected chi connectivity index (χ2v) is 10.7. The second kappa shape index (κ2) is 16.7. The Morgan fingerprint density at radius 3 is 1.68 bits per heavy atom. The molecule has 1 heterocycles. The zero-order valence-corrected chi connectivity index (χ0v) is 23.3. The zero-order chi connectivity index (χ0) is 27.1. The van der Waals surface area contributed by atoms with Crippen LogP contribution in [-0.4, -0.2) is 16.5 Å². The van der Waals surface area contributed by atoms with Crippen LogP contribution in [0.4, 0.5) is 13.2 Å². The summed E-state index contributed by atoms with van der Waals surface area (Å²) in [7, 11) is 0. The number of benzene rings is 1. The molecule has 2 nitrogen and oxygen atoms in total. The Kier molecular flexibility index (Phi) is 14.1. The van der Waals surface area contributed by atoms with E-state index in [1.165, 1.54) is 99.9 Å². The molecule has 0 spiro atoms. The molecule has 0 saturated carbocycles. The van der Waals surface area contributed by atoms with Crippen LogP contribution in [0.5, 0.6) is 0 Å². The van der Waals surface area contributed by atoms with Gasteiger partial charge >= 0.3 is 6.18 Å². The Hall–Kier alpha value is -2.04. The number of unbranched alkanes of at least 4 members (excludes halogenated alkanes) is 14. The summed E-state index contributed by atoms with van der Waals surface area (Å²) in [6, 6.07) is 6.12. The SMILES string of the molecule is CCCCCCCCCCCCCCCCCC(=O)c1c(C)cn(C(c2ccccc2)C(F)(F)F)c1C. The average molecular weight is 520 g/mol. The molecule has 1 aromatic carbocycles. The van der Waals surface area contributed by atoms with Gasteiger partial charge in [-0.1, -0.05) is 127 Å². The van der Waals surface area contributed by atoms with Crippen LogP contribution in [0.25, 0.3) is 0 Å². The molecule has 0 aliphatic carbocycles. The van der Waals surface area contributed by atoms with Crippen molar-refractivity contribution in [3.63, 3.8) is 0 Å². The summed E-state index contributed by atoms with van der Waals surface area (Å²) in [6.45, 7) is 5.63. The minimum atomic E-state index is -4.45. The molecule has 208 valence electrons. The highest BCUT2D eigenvalue weighted by Crippen LogP contribution is 2.38. The van der Waals surface area contributed by atoms with E-state index in [2.05, 4.69) is 6.92 Å². The van der Waals surface area contributed by atoms with E-state index in [4.69, 9.17) is 0 Å². The van der Waals surface area contributed by atoms with Crippen molar-refractivity contribution in [2.24, 2.45) is 0 Å². The number of halogens is 3. The van der Waals surface area contributed by atoms with Crippen LogP contribution in [0.1, 0.15) is 143 Å². The van der Waals surface area contributed by atoms with E-state index in [9.17, 15) is 18.0 Å². The monoisotopic (exact) mass is 519 g/mol. The highest BCUT2D eigenvalue weighted by molar-refractivity contribution is 5.98. The Morgan fingerprint density at radius 2 is 1.22 bits per heavy atom. The molecule has 0 N–H and O–H groups in total. The number of aryl methyl sites for hydroxylation is 1. The highest BCUT2D eigenvalue weighted by Gasteiger charge is 2.43. The molecule has 0 saturated heterocycles. The lowest BCUT2D eigenvalue weighted by molar-refractivity contribution is -0.157. The topological polar surface area (TPSA) is 22.0 Å². The van der Waals surface area contributed by atoms with E-state index in [1.807, 2.05) is 0 Å². The van der Waals surface area contributed by atoms with Crippen LogP contribution in [0, 0.1) is 13.8 Å². The van der Waals surface area contributed by atoms with Gasteiger partial charge in [0.1, 0.15) is 0 Å². The number of hydrogen-bond acceptors (Lipinski definition) is 1. The third kappa shape index (κ3) is 10.7. The molecule has 1 atom stereocenters. The largest absolute Gasteiger partial charge is 0.413 e. The molecule has 0 aliphatic heterocycles. The van der Waals surface area contributed by atoms with Crippen molar-refractivity contribution < 1.29 is 18.0 Å². The summed E-state index contributed by atoms with van der Waals surface area (Å²) in [5, 5.41) is 0. The molecule has 1 aromatic heterocycles. The Bertz CT molecular complexity index is 901. The van der Waals surface area contributed by atoms with Crippen LogP contribution in [0.2, 0.25) is 0 Å². The molecule has 5 heteroatoms. The Morgan fingerprint density at radius 1 is 0.757 bits per heavy atom. The van der Waals surface area contributed by atoms with E-state index in [0.29, 0.717) is 23.2 Å². The zero-order valence-electron chi connectivity index (χ0n) is 23.3.